The van der Waals surface area contributed by atoms with Crippen molar-refractivity contribution in [2.45, 2.75) is 71.4 Å². The fraction of sp³-hybridized carbons (Fsp3) is 0.350. The first-order valence-corrected chi connectivity index (χ1v) is 18.4. The van der Waals surface area contributed by atoms with E-state index in [9.17, 15) is 25.0 Å². The molecular formula is C40H38N6O5S. The van der Waals surface area contributed by atoms with E-state index in [2.05, 4.69) is 29.1 Å². The number of fused-ring (bicyclic) bond motifs is 2. The van der Waals surface area contributed by atoms with Gasteiger partial charge in [-0.3, -0.25) is 14.8 Å². The van der Waals surface area contributed by atoms with Crippen LogP contribution in [0.2, 0.25) is 0 Å². The highest BCUT2D eigenvalue weighted by Crippen LogP contribution is 2.71. The van der Waals surface area contributed by atoms with Gasteiger partial charge in [-0.15, -0.1) is 0 Å². The van der Waals surface area contributed by atoms with Gasteiger partial charge in [-0.1, -0.05) is 43.4 Å². The van der Waals surface area contributed by atoms with Crippen molar-refractivity contribution < 1.29 is 24.5 Å². The van der Waals surface area contributed by atoms with Crippen LogP contribution in [0.3, 0.4) is 0 Å². The second-order valence-electron chi connectivity index (χ2n) is 16.4. The molecule has 0 radical (unpaired) electrons. The Balaban J connectivity index is 1.04. The topological polar surface area (TPSA) is 157 Å². The van der Waals surface area contributed by atoms with Gasteiger partial charge in [0.1, 0.15) is 5.56 Å². The number of carboxylic acid groups (broad SMARTS) is 1. The zero-order valence-corrected chi connectivity index (χ0v) is 30.0. The van der Waals surface area contributed by atoms with Crippen molar-refractivity contribution in [3.05, 3.63) is 95.3 Å². The summed E-state index contributed by atoms with van der Waals surface area (Å²) in [5.41, 5.74) is 3.34. The number of aliphatic hydroxyl groups is 1. The summed E-state index contributed by atoms with van der Waals surface area (Å²) < 4.78 is 3.51. The highest BCUT2D eigenvalue weighted by Gasteiger charge is 2.65. The van der Waals surface area contributed by atoms with Crippen molar-refractivity contribution in [1.29, 1.82) is 0 Å². The first-order valence-electron chi connectivity index (χ1n) is 17.5. The van der Waals surface area contributed by atoms with E-state index < -0.39 is 17.5 Å². The molecule has 4 fully saturated rings. The van der Waals surface area contributed by atoms with Crippen LogP contribution in [-0.2, 0) is 6.54 Å². The maximum absolute atomic E-state index is 13.5. The Kier molecular flexibility index (Phi) is 7.01. The minimum absolute atomic E-state index is 0.0651. The van der Waals surface area contributed by atoms with Crippen LogP contribution in [0.15, 0.2) is 73.2 Å². The molecule has 0 aliphatic heterocycles. The summed E-state index contributed by atoms with van der Waals surface area (Å²) in [4.78, 5) is 35.4. The highest BCUT2D eigenvalue weighted by atomic mass is 32.1. The van der Waals surface area contributed by atoms with E-state index in [-0.39, 0.29) is 27.5 Å². The van der Waals surface area contributed by atoms with Crippen molar-refractivity contribution in [3.8, 4) is 22.4 Å². The van der Waals surface area contributed by atoms with Crippen LogP contribution in [0.25, 0.3) is 43.4 Å². The first-order chi connectivity index (χ1) is 24.7. The van der Waals surface area contributed by atoms with Gasteiger partial charge >= 0.3 is 5.97 Å². The fourth-order valence-electron chi connectivity index (χ4n) is 10.9. The number of pyridine rings is 2. The fourth-order valence-corrected chi connectivity index (χ4v) is 11.8. The number of nitrogens with one attached hydrogen (secondary N) is 1. The summed E-state index contributed by atoms with van der Waals surface area (Å²) in [5, 5.41) is 43.6. The maximum atomic E-state index is 13.5. The number of anilines is 1. The molecule has 2 aromatic carbocycles. The molecule has 12 heteroatoms. The molecule has 4 aromatic heterocycles. The van der Waals surface area contributed by atoms with Crippen LogP contribution in [0, 0.1) is 28.4 Å². The Hall–Kier alpha value is -5.20. The third-order valence-corrected chi connectivity index (χ3v) is 12.5. The molecule has 264 valence electrons. The SMILES string of the molecule is Cc1c(-c2ccc(-c3ccc4c[n+]([O-])cc(C(=O)Nc5nc6ccccc6s5)c4c3)nc2C(=O)O)cnn1CC12CC3(C)CC(C)(CC(O)(C3)C1)C2. The number of aromatic carboxylic acids is 1. The predicted molar refractivity (Wildman–Crippen MR) is 198 cm³/mol. The summed E-state index contributed by atoms with van der Waals surface area (Å²) in [6.45, 7) is 7.29. The summed E-state index contributed by atoms with van der Waals surface area (Å²) in [5.74, 6) is -1.66. The lowest BCUT2D eigenvalue weighted by Gasteiger charge is -2.68. The van der Waals surface area contributed by atoms with E-state index in [1.165, 1.54) is 23.7 Å². The molecule has 4 bridgehead atoms. The third kappa shape index (κ3) is 5.43. The Morgan fingerprint density at radius 2 is 1.73 bits per heavy atom. The molecule has 3 N–H and O–H groups in total. The number of hydrogen-bond donors (Lipinski definition) is 3. The lowest BCUT2D eigenvalue weighted by atomic mass is 9.39. The Bertz CT molecular complexity index is 2400. The zero-order chi connectivity index (χ0) is 36.2. The van der Waals surface area contributed by atoms with Gasteiger partial charge in [0.25, 0.3) is 5.91 Å². The van der Waals surface area contributed by atoms with E-state index in [0.717, 1.165) is 54.4 Å². The molecule has 11 nitrogen and oxygen atoms in total. The van der Waals surface area contributed by atoms with E-state index in [1.807, 2.05) is 35.9 Å². The minimum atomic E-state index is -1.17. The molecule has 0 spiro atoms. The van der Waals surface area contributed by atoms with Gasteiger partial charge in [0, 0.05) is 39.7 Å². The number of nitrogens with zero attached hydrogens (tertiary/aromatic N) is 5. The molecule has 4 heterocycles. The molecule has 2 atom stereocenters. The van der Waals surface area contributed by atoms with E-state index in [1.54, 1.807) is 36.5 Å². The zero-order valence-electron chi connectivity index (χ0n) is 29.1. The minimum Gasteiger partial charge on any atom is -0.619 e. The number of aromatic nitrogens is 5. The summed E-state index contributed by atoms with van der Waals surface area (Å²) >= 11 is 1.34. The number of hydrogen-bond acceptors (Lipinski definition) is 8. The molecule has 10 rings (SSSR count). The van der Waals surface area contributed by atoms with Crippen molar-refractivity contribution >= 4 is 49.3 Å². The number of thiazole rings is 1. The molecule has 4 aliphatic rings. The summed E-state index contributed by atoms with van der Waals surface area (Å²) in [6.07, 6.45) is 10.1. The number of carbonyl (C=O) groups is 2. The smallest absolute Gasteiger partial charge is 0.355 e. The van der Waals surface area contributed by atoms with Crippen LogP contribution in [-0.4, -0.2) is 47.4 Å². The lowest BCUT2D eigenvalue weighted by Crippen LogP contribution is -2.63. The average Bonchev–Trinajstić information content (AvgIpc) is 3.63. The Labute approximate surface area is 303 Å². The van der Waals surface area contributed by atoms with Gasteiger partial charge in [0.2, 0.25) is 0 Å². The van der Waals surface area contributed by atoms with E-state index >= 15 is 0 Å². The Morgan fingerprint density at radius 3 is 2.46 bits per heavy atom. The second kappa shape index (κ2) is 11.1. The number of benzene rings is 2. The average molecular weight is 715 g/mol. The van der Waals surface area contributed by atoms with E-state index in [4.69, 9.17) is 5.10 Å². The molecule has 0 saturated heterocycles. The normalized spacial score (nSPS) is 26.3. The number of para-hydroxylation sites is 1. The Morgan fingerprint density at radius 1 is 0.962 bits per heavy atom. The molecule has 6 aromatic rings. The molecular weight excluding hydrogens is 677 g/mol. The molecule has 2 unspecified atom stereocenters. The second-order valence-corrected chi connectivity index (χ2v) is 17.4. The quantitative estimate of drug-likeness (QED) is 0.114. The van der Waals surface area contributed by atoms with Crippen LogP contribution in [0.4, 0.5) is 5.13 Å². The number of rotatable bonds is 7. The largest absolute Gasteiger partial charge is 0.619 e. The van der Waals surface area contributed by atoms with Crippen LogP contribution >= 0.6 is 11.3 Å². The summed E-state index contributed by atoms with van der Waals surface area (Å²) in [7, 11) is 0. The van der Waals surface area contributed by atoms with Crippen molar-refractivity contribution in [2.24, 2.45) is 16.2 Å². The molecule has 4 saturated carbocycles. The monoisotopic (exact) mass is 714 g/mol. The lowest BCUT2D eigenvalue weighted by molar-refractivity contribution is -0.604. The highest BCUT2D eigenvalue weighted by molar-refractivity contribution is 7.22. The summed E-state index contributed by atoms with van der Waals surface area (Å²) in [6, 6.07) is 16.3. The molecule has 52 heavy (non-hydrogen) atoms. The third-order valence-electron chi connectivity index (χ3n) is 11.6. The van der Waals surface area contributed by atoms with Gasteiger partial charge in [0.05, 0.1) is 27.7 Å². The standard InChI is InChI=1S/C40H38N6O5S/c1-23-28(13-41-46(23)22-39-17-37(2)16-38(3,18-39)20-40(50,19-37)21-39)26-10-11-30(42-33(26)35(48)49)24-8-9-25-14-45(51)15-29(27(25)12-24)34(47)44-36-43-31-6-4-5-7-32(31)52-36/h4-15,50H,16-22H2,1-3H3,(H,48,49)(H,43,44,47). The molecule has 4 aliphatic carbocycles. The van der Waals surface area contributed by atoms with Gasteiger partial charge in [-0.25, -0.2) is 14.8 Å². The van der Waals surface area contributed by atoms with Crippen LogP contribution in [0.1, 0.15) is 78.9 Å². The van der Waals surface area contributed by atoms with E-state index in [0.29, 0.717) is 49.6 Å². The van der Waals surface area contributed by atoms with Crippen molar-refractivity contribution in [2.75, 3.05) is 5.32 Å². The number of carbonyl (C=O) groups excluding carboxylic acids is 1. The first kappa shape index (κ1) is 32.7. The number of carboxylic acids is 1. The van der Waals surface area contributed by atoms with Crippen molar-refractivity contribution in [3.63, 3.8) is 0 Å². The van der Waals surface area contributed by atoms with Gasteiger partial charge in [-0.2, -0.15) is 9.83 Å². The maximum Gasteiger partial charge on any atom is 0.355 e. The van der Waals surface area contributed by atoms with Crippen LogP contribution in [0.5, 0.6) is 0 Å². The van der Waals surface area contributed by atoms with Crippen molar-refractivity contribution in [1.82, 2.24) is 19.7 Å². The van der Waals surface area contributed by atoms with Crippen LogP contribution < -0.4 is 10.0 Å². The van der Waals surface area contributed by atoms with Gasteiger partial charge < -0.3 is 15.4 Å². The van der Waals surface area contributed by atoms with Gasteiger partial charge in [0.15, 0.2) is 23.2 Å². The predicted octanol–water partition coefficient (Wildman–Crippen LogP) is 7.38. The molecule has 1 amide bonds. The number of amides is 1. The van der Waals surface area contributed by atoms with Gasteiger partial charge in [-0.05, 0) is 98.1 Å².